The Bertz CT molecular complexity index is 83.8. The number of hydrogen-bond acceptors (Lipinski definition) is 2. The molecule has 0 saturated carbocycles. The van der Waals surface area contributed by atoms with Gasteiger partial charge in [-0.3, -0.25) is 3.89 Å². The lowest BCUT2D eigenvalue weighted by Crippen LogP contribution is -2.39. The van der Waals surface area contributed by atoms with Crippen LogP contribution in [-0.4, -0.2) is 29.3 Å². The van der Waals surface area contributed by atoms with Crippen molar-refractivity contribution in [1.82, 2.24) is 0 Å². The number of hydrogen-bond donors (Lipinski definition) is 0. The lowest BCUT2D eigenvalue weighted by Gasteiger charge is -2.31. The fraction of sp³-hybridized carbons (Fsp3) is 1.00. The SMILES string of the molecule is CCSS[N+](CC)(CC)CC. The Morgan fingerprint density at radius 3 is 1.64 bits per heavy atom. The zero-order valence-electron chi connectivity index (χ0n) is 8.09. The van der Waals surface area contributed by atoms with Crippen LogP contribution in [0, 0.1) is 0 Å². The van der Waals surface area contributed by atoms with Crippen molar-refractivity contribution in [3.63, 3.8) is 0 Å². The van der Waals surface area contributed by atoms with E-state index in [2.05, 4.69) is 27.7 Å². The maximum absolute atomic E-state index is 2.27. The fourth-order valence-electron chi connectivity index (χ4n) is 0.993. The van der Waals surface area contributed by atoms with Gasteiger partial charge in [-0.15, -0.1) is 0 Å². The number of nitrogens with zero attached hydrogens (tertiary/aromatic N) is 1. The molecule has 0 aliphatic rings. The minimum Gasteiger partial charge on any atom is -0.252 e. The summed E-state index contributed by atoms with van der Waals surface area (Å²) in [5, 5.41) is 0. The molecule has 0 heterocycles. The summed E-state index contributed by atoms with van der Waals surface area (Å²) in [6.45, 7) is 12.8. The van der Waals surface area contributed by atoms with Crippen LogP contribution in [0.1, 0.15) is 27.7 Å². The smallest absolute Gasteiger partial charge is 0.147 e. The first-order chi connectivity index (χ1) is 5.24. The van der Waals surface area contributed by atoms with Crippen LogP contribution in [0.4, 0.5) is 0 Å². The Kier molecular flexibility index (Phi) is 6.58. The summed E-state index contributed by atoms with van der Waals surface area (Å²) < 4.78 is 1.19. The normalized spacial score (nSPS) is 12.0. The van der Waals surface area contributed by atoms with Crippen molar-refractivity contribution >= 4 is 21.8 Å². The second kappa shape index (κ2) is 6.21. The average Bonchev–Trinajstić information content (AvgIpc) is 2.08. The van der Waals surface area contributed by atoms with Gasteiger partial charge in [0.2, 0.25) is 0 Å². The second-order valence-electron chi connectivity index (χ2n) is 2.49. The van der Waals surface area contributed by atoms with E-state index in [9.17, 15) is 0 Å². The first-order valence-electron chi connectivity index (χ1n) is 4.42. The van der Waals surface area contributed by atoms with Crippen molar-refractivity contribution < 1.29 is 3.89 Å². The van der Waals surface area contributed by atoms with E-state index < -0.39 is 0 Å². The number of quaternary nitrogens is 1. The van der Waals surface area contributed by atoms with E-state index in [-0.39, 0.29) is 0 Å². The lowest BCUT2D eigenvalue weighted by molar-refractivity contribution is -0.787. The molecule has 68 valence electrons. The van der Waals surface area contributed by atoms with E-state index >= 15 is 0 Å². The van der Waals surface area contributed by atoms with Crippen molar-refractivity contribution in [3.05, 3.63) is 0 Å². The maximum atomic E-state index is 2.27. The van der Waals surface area contributed by atoms with Crippen molar-refractivity contribution in [3.8, 4) is 0 Å². The number of rotatable bonds is 6. The summed E-state index contributed by atoms with van der Waals surface area (Å²) in [6.07, 6.45) is 0. The molecule has 0 bridgehead atoms. The highest BCUT2D eigenvalue weighted by Gasteiger charge is 2.22. The quantitative estimate of drug-likeness (QED) is 0.362. The molecular formula is C8H20NS2+. The van der Waals surface area contributed by atoms with Gasteiger partial charge in [0.1, 0.15) is 11.0 Å². The van der Waals surface area contributed by atoms with E-state index in [0.717, 1.165) is 0 Å². The van der Waals surface area contributed by atoms with Crippen LogP contribution in [0.15, 0.2) is 0 Å². The monoisotopic (exact) mass is 194 g/mol. The Labute approximate surface area is 79.0 Å². The van der Waals surface area contributed by atoms with E-state index in [4.69, 9.17) is 0 Å². The molecule has 0 rings (SSSR count). The van der Waals surface area contributed by atoms with Gasteiger partial charge in [0.25, 0.3) is 0 Å². The Balaban J connectivity index is 3.84. The Hall–Kier alpha value is 0.660. The molecule has 3 heteroatoms. The lowest BCUT2D eigenvalue weighted by atomic mass is 10.5. The molecule has 0 unspecified atom stereocenters. The summed E-state index contributed by atoms with van der Waals surface area (Å²) in [6, 6.07) is 0. The molecule has 0 aromatic rings. The molecule has 0 radical (unpaired) electrons. The van der Waals surface area contributed by atoms with Crippen LogP contribution >= 0.6 is 21.8 Å². The molecule has 0 aromatic carbocycles. The zero-order valence-corrected chi connectivity index (χ0v) is 9.73. The van der Waals surface area contributed by atoms with Gasteiger partial charge in [-0.1, -0.05) is 6.92 Å². The summed E-state index contributed by atoms with van der Waals surface area (Å²) >= 11 is 0. The van der Waals surface area contributed by atoms with Crippen LogP contribution in [0.2, 0.25) is 0 Å². The summed E-state index contributed by atoms with van der Waals surface area (Å²) in [4.78, 5) is 0. The highest BCUT2D eigenvalue weighted by atomic mass is 33.1. The topological polar surface area (TPSA) is 0 Å². The van der Waals surface area contributed by atoms with Crippen LogP contribution < -0.4 is 0 Å². The third-order valence-corrected chi connectivity index (χ3v) is 5.46. The third-order valence-electron chi connectivity index (χ3n) is 2.06. The minimum absolute atomic E-state index is 1.19. The van der Waals surface area contributed by atoms with Gasteiger partial charge in [-0.05, 0) is 31.6 Å². The highest BCUT2D eigenvalue weighted by molar-refractivity contribution is 8.74. The zero-order chi connectivity index (χ0) is 8.74. The first-order valence-corrected chi connectivity index (χ1v) is 6.69. The van der Waals surface area contributed by atoms with Gasteiger partial charge in [-0.2, -0.15) is 0 Å². The van der Waals surface area contributed by atoms with Crippen molar-refractivity contribution in [1.29, 1.82) is 0 Å². The van der Waals surface area contributed by atoms with Gasteiger partial charge < -0.3 is 0 Å². The molecule has 0 amide bonds. The van der Waals surface area contributed by atoms with Gasteiger partial charge >= 0.3 is 0 Å². The van der Waals surface area contributed by atoms with Crippen molar-refractivity contribution in [2.45, 2.75) is 27.7 Å². The summed E-state index contributed by atoms with van der Waals surface area (Å²) in [5.74, 6) is 1.21. The molecule has 0 aromatic heterocycles. The second-order valence-corrected chi connectivity index (χ2v) is 5.38. The molecule has 0 N–H and O–H groups in total. The molecule has 11 heavy (non-hydrogen) atoms. The molecule has 0 saturated heterocycles. The van der Waals surface area contributed by atoms with Crippen molar-refractivity contribution in [2.24, 2.45) is 0 Å². The predicted molar refractivity (Wildman–Crippen MR) is 57.6 cm³/mol. The Morgan fingerprint density at radius 2 is 1.36 bits per heavy atom. The fourth-order valence-corrected chi connectivity index (χ4v) is 3.57. The maximum Gasteiger partial charge on any atom is 0.147 e. The van der Waals surface area contributed by atoms with E-state index in [1.807, 2.05) is 21.8 Å². The van der Waals surface area contributed by atoms with Crippen LogP contribution in [-0.2, 0) is 0 Å². The average molecular weight is 194 g/mol. The molecular weight excluding hydrogens is 174 g/mol. The Morgan fingerprint density at radius 1 is 0.909 bits per heavy atom. The summed E-state index contributed by atoms with van der Waals surface area (Å²) in [5.41, 5.74) is 0. The van der Waals surface area contributed by atoms with E-state index in [1.54, 1.807) is 0 Å². The predicted octanol–water partition coefficient (Wildman–Crippen LogP) is 3.18. The van der Waals surface area contributed by atoms with Gasteiger partial charge in [0.15, 0.2) is 0 Å². The van der Waals surface area contributed by atoms with Crippen molar-refractivity contribution in [2.75, 3.05) is 25.4 Å². The molecule has 0 aliphatic carbocycles. The van der Waals surface area contributed by atoms with Crippen LogP contribution in [0.3, 0.4) is 0 Å². The molecule has 0 fully saturated rings. The minimum atomic E-state index is 1.19. The highest BCUT2D eigenvalue weighted by Crippen LogP contribution is 2.32. The first kappa shape index (κ1) is 11.7. The van der Waals surface area contributed by atoms with Gasteiger partial charge in [0.05, 0.1) is 19.6 Å². The molecule has 0 aliphatic heterocycles. The molecule has 0 spiro atoms. The van der Waals surface area contributed by atoms with E-state index in [1.165, 1.54) is 29.3 Å². The van der Waals surface area contributed by atoms with Gasteiger partial charge in [-0.25, -0.2) is 0 Å². The summed E-state index contributed by atoms with van der Waals surface area (Å²) in [7, 11) is 4.00. The van der Waals surface area contributed by atoms with Gasteiger partial charge in [0, 0.05) is 5.75 Å². The largest absolute Gasteiger partial charge is 0.252 e. The van der Waals surface area contributed by atoms with E-state index in [0.29, 0.717) is 0 Å². The third kappa shape index (κ3) is 3.72. The van der Waals surface area contributed by atoms with Crippen LogP contribution in [0.25, 0.3) is 0 Å². The standard InChI is InChI=1S/C8H20NS2/c1-5-9(6-2,7-3)11-10-8-4/h5-8H2,1-4H3/q+1. The molecule has 0 atom stereocenters. The van der Waals surface area contributed by atoms with Crippen LogP contribution in [0.5, 0.6) is 0 Å². The molecule has 1 nitrogen and oxygen atoms in total.